The smallest absolute Gasteiger partial charge is 0.339 e. The molecule has 1 unspecified atom stereocenters. The zero-order valence-electron chi connectivity index (χ0n) is 8.44. The van der Waals surface area contributed by atoms with E-state index in [-0.39, 0.29) is 12.2 Å². The number of ether oxygens (including phenoxy) is 1. The molecule has 0 radical (unpaired) electrons. The third kappa shape index (κ3) is 2.85. The monoisotopic (exact) mass is 289 g/mol. The molecular weight excluding hydrogens is 281 g/mol. The Morgan fingerprint density at radius 1 is 1.62 bits per heavy atom. The molecule has 0 spiro atoms. The van der Waals surface area contributed by atoms with E-state index in [1.807, 2.05) is 0 Å². The number of rotatable bonds is 4. The first-order chi connectivity index (χ1) is 7.60. The van der Waals surface area contributed by atoms with Gasteiger partial charge in [-0.3, -0.25) is 0 Å². The largest absolute Gasteiger partial charge is 0.464 e. The van der Waals surface area contributed by atoms with Gasteiger partial charge in [-0.1, -0.05) is 15.9 Å². The Bertz CT molecular complexity index is 411. The second-order valence-electron chi connectivity index (χ2n) is 2.93. The summed E-state index contributed by atoms with van der Waals surface area (Å²) in [6.07, 6.45) is 0. The topological polar surface area (TPSA) is 55.7 Å². The predicted octanol–water partition coefficient (Wildman–Crippen LogP) is 2.96. The quantitative estimate of drug-likeness (QED) is 0.632. The van der Waals surface area contributed by atoms with E-state index in [4.69, 9.17) is 0 Å². The van der Waals surface area contributed by atoms with E-state index in [9.17, 15) is 14.1 Å². The number of hydrogen-bond donors (Lipinski definition) is 0. The Hall–Kier alpha value is -1.30. The summed E-state index contributed by atoms with van der Waals surface area (Å²) >= 11 is 3.12. The van der Waals surface area contributed by atoms with Crippen molar-refractivity contribution < 1.29 is 13.9 Å². The lowest BCUT2D eigenvalue weighted by atomic mass is 10.1. The molecule has 0 aromatic heterocycles. The number of hydrogen-bond acceptors (Lipinski definition) is 4. The lowest BCUT2D eigenvalue weighted by Crippen LogP contribution is -2.15. The van der Waals surface area contributed by atoms with Crippen molar-refractivity contribution >= 4 is 21.9 Å². The van der Waals surface area contributed by atoms with Crippen LogP contribution in [0.1, 0.15) is 18.5 Å². The Kier molecular flexibility index (Phi) is 4.54. The van der Waals surface area contributed by atoms with Crippen LogP contribution in [0.5, 0.6) is 0 Å². The standard InChI is InChI=1S/C10H9BrFNO3/c1-2-16-10(14)9(13-15)7-5-6(11)3-4-8(7)12/h3-5,9H,2H2,1H3. The van der Waals surface area contributed by atoms with Crippen LogP contribution < -0.4 is 0 Å². The molecule has 0 saturated heterocycles. The third-order valence-corrected chi connectivity index (χ3v) is 2.36. The Balaban J connectivity index is 3.07. The maximum Gasteiger partial charge on any atom is 0.339 e. The minimum absolute atomic E-state index is 0.0946. The molecule has 86 valence electrons. The second-order valence-corrected chi connectivity index (χ2v) is 3.84. The lowest BCUT2D eigenvalue weighted by Gasteiger charge is -2.09. The minimum Gasteiger partial charge on any atom is -0.464 e. The predicted molar refractivity (Wildman–Crippen MR) is 59.3 cm³/mol. The molecule has 1 rings (SSSR count). The Morgan fingerprint density at radius 3 is 2.88 bits per heavy atom. The van der Waals surface area contributed by atoms with Gasteiger partial charge in [-0.2, -0.15) is 0 Å². The van der Waals surface area contributed by atoms with E-state index in [1.54, 1.807) is 6.92 Å². The Morgan fingerprint density at radius 2 is 2.31 bits per heavy atom. The van der Waals surface area contributed by atoms with Crippen molar-refractivity contribution in [3.8, 4) is 0 Å². The van der Waals surface area contributed by atoms with Crippen LogP contribution in [0.3, 0.4) is 0 Å². The molecule has 0 heterocycles. The summed E-state index contributed by atoms with van der Waals surface area (Å²) in [6.45, 7) is 1.71. The zero-order chi connectivity index (χ0) is 12.1. The van der Waals surface area contributed by atoms with Gasteiger partial charge in [0.2, 0.25) is 6.04 Å². The summed E-state index contributed by atoms with van der Waals surface area (Å²) in [5, 5.41) is 2.59. The van der Waals surface area contributed by atoms with Gasteiger partial charge in [0.05, 0.1) is 6.61 Å². The van der Waals surface area contributed by atoms with Crippen LogP contribution in [-0.2, 0) is 9.53 Å². The Labute approximate surface area is 99.9 Å². The maximum atomic E-state index is 13.4. The highest BCUT2D eigenvalue weighted by atomic mass is 79.9. The molecule has 1 aromatic rings. The number of carbonyl (C=O) groups excluding carboxylic acids is 1. The molecule has 0 aliphatic rings. The third-order valence-electron chi connectivity index (χ3n) is 1.87. The van der Waals surface area contributed by atoms with Gasteiger partial charge in [-0.15, -0.1) is 4.91 Å². The number of nitroso groups, excluding NO2 is 1. The normalized spacial score (nSPS) is 11.9. The number of benzene rings is 1. The summed E-state index contributed by atoms with van der Waals surface area (Å²) in [5.74, 6) is -1.52. The fourth-order valence-electron chi connectivity index (χ4n) is 1.17. The average molecular weight is 290 g/mol. The first-order valence-electron chi connectivity index (χ1n) is 4.54. The van der Waals surface area contributed by atoms with Crippen molar-refractivity contribution in [2.45, 2.75) is 13.0 Å². The summed E-state index contributed by atoms with van der Waals surface area (Å²) in [7, 11) is 0. The summed E-state index contributed by atoms with van der Waals surface area (Å²) in [4.78, 5) is 21.9. The van der Waals surface area contributed by atoms with Crippen molar-refractivity contribution in [3.63, 3.8) is 0 Å². The van der Waals surface area contributed by atoms with Gasteiger partial charge >= 0.3 is 5.97 Å². The highest BCUT2D eigenvalue weighted by Crippen LogP contribution is 2.25. The van der Waals surface area contributed by atoms with Gasteiger partial charge in [0.1, 0.15) is 5.82 Å². The zero-order valence-corrected chi connectivity index (χ0v) is 10.0. The van der Waals surface area contributed by atoms with E-state index in [0.717, 1.165) is 6.07 Å². The number of carbonyl (C=O) groups is 1. The molecule has 6 heteroatoms. The highest BCUT2D eigenvalue weighted by Gasteiger charge is 2.26. The molecule has 0 fully saturated rings. The van der Waals surface area contributed by atoms with Gasteiger partial charge < -0.3 is 4.74 Å². The fourth-order valence-corrected chi connectivity index (χ4v) is 1.55. The first kappa shape index (κ1) is 12.8. The summed E-state index contributed by atoms with van der Waals surface area (Å²) in [5.41, 5.74) is -0.0946. The van der Waals surface area contributed by atoms with Crippen molar-refractivity contribution in [1.29, 1.82) is 0 Å². The highest BCUT2D eigenvalue weighted by molar-refractivity contribution is 9.10. The van der Waals surface area contributed by atoms with Crippen LogP contribution in [0.25, 0.3) is 0 Å². The van der Waals surface area contributed by atoms with Crippen molar-refractivity contribution in [1.82, 2.24) is 0 Å². The molecule has 16 heavy (non-hydrogen) atoms. The molecule has 4 nitrogen and oxygen atoms in total. The second kappa shape index (κ2) is 5.69. The van der Waals surface area contributed by atoms with E-state index in [1.165, 1.54) is 12.1 Å². The summed E-state index contributed by atoms with van der Waals surface area (Å²) < 4.78 is 18.6. The fraction of sp³-hybridized carbons (Fsp3) is 0.300. The summed E-state index contributed by atoms with van der Waals surface area (Å²) in [6, 6.07) is 2.48. The van der Waals surface area contributed by atoms with Crippen molar-refractivity contribution in [3.05, 3.63) is 39.0 Å². The van der Waals surface area contributed by atoms with Crippen LogP contribution in [-0.4, -0.2) is 12.6 Å². The minimum atomic E-state index is -1.46. The van der Waals surface area contributed by atoms with E-state index < -0.39 is 17.8 Å². The van der Waals surface area contributed by atoms with Gasteiger partial charge in [0.15, 0.2) is 0 Å². The number of nitrogens with zero attached hydrogens (tertiary/aromatic N) is 1. The van der Waals surface area contributed by atoms with Crippen molar-refractivity contribution in [2.24, 2.45) is 5.18 Å². The van der Waals surface area contributed by atoms with Gasteiger partial charge in [-0.05, 0) is 30.3 Å². The SMILES string of the molecule is CCOC(=O)C(N=O)c1cc(Br)ccc1F. The lowest BCUT2D eigenvalue weighted by molar-refractivity contribution is -0.144. The molecule has 0 amide bonds. The average Bonchev–Trinajstić information content (AvgIpc) is 2.24. The van der Waals surface area contributed by atoms with Crippen LogP contribution in [0.15, 0.2) is 27.8 Å². The molecule has 0 N–H and O–H groups in total. The molecular formula is C10H9BrFNO3. The number of esters is 1. The molecule has 1 atom stereocenters. The number of halogens is 2. The molecule has 1 aromatic carbocycles. The van der Waals surface area contributed by atoms with Gasteiger partial charge in [-0.25, -0.2) is 9.18 Å². The van der Waals surface area contributed by atoms with Crippen LogP contribution in [0, 0.1) is 10.7 Å². The van der Waals surface area contributed by atoms with E-state index in [2.05, 4.69) is 25.8 Å². The molecule has 0 saturated carbocycles. The molecule has 0 bridgehead atoms. The van der Waals surface area contributed by atoms with Gasteiger partial charge in [0, 0.05) is 10.0 Å². The van der Waals surface area contributed by atoms with Gasteiger partial charge in [0.25, 0.3) is 0 Å². The molecule has 0 aliphatic heterocycles. The van der Waals surface area contributed by atoms with E-state index >= 15 is 0 Å². The van der Waals surface area contributed by atoms with E-state index in [0.29, 0.717) is 4.47 Å². The van der Waals surface area contributed by atoms with Crippen LogP contribution in [0.4, 0.5) is 4.39 Å². The van der Waals surface area contributed by atoms with Crippen LogP contribution >= 0.6 is 15.9 Å². The van der Waals surface area contributed by atoms with Crippen molar-refractivity contribution in [2.75, 3.05) is 6.61 Å². The van der Waals surface area contributed by atoms with Crippen LogP contribution in [0.2, 0.25) is 0 Å². The maximum absolute atomic E-state index is 13.4. The molecule has 0 aliphatic carbocycles. The first-order valence-corrected chi connectivity index (χ1v) is 5.33.